The maximum absolute atomic E-state index is 2.44. The summed E-state index contributed by atoms with van der Waals surface area (Å²) in [5.41, 5.74) is 12.2. The van der Waals surface area contributed by atoms with E-state index in [1.54, 1.807) is 11.1 Å². The van der Waals surface area contributed by atoms with Gasteiger partial charge in [-0.25, -0.2) is 0 Å². The first kappa shape index (κ1) is 9.80. The average Bonchev–Trinajstić information content (AvgIpc) is 3.09. The summed E-state index contributed by atoms with van der Waals surface area (Å²) in [5.74, 6) is 0. The van der Waals surface area contributed by atoms with Crippen molar-refractivity contribution in [2.45, 2.75) is 19.3 Å². The maximum atomic E-state index is 2.44. The van der Waals surface area contributed by atoms with Gasteiger partial charge in [-0.15, -0.1) is 0 Å². The van der Waals surface area contributed by atoms with Crippen LogP contribution in [0.5, 0.6) is 0 Å². The Kier molecular flexibility index (Phi) is 1.69. The molecule has 0 heterocycles. The fourth-order valence-electron chi connectivity index (χ4n) is 3.86. The zero-order valence-corrected chi connectivity index (χ0v) is 10.7. The third-order valence-corrected chi connectivity index (χ3v) is 4.77. The molecule has 0 spiro atoms. The van der Waals surface area contributed by atoms with Crippen molar-refractivity contribution < 1.29 is 0 Å². The molecule has 0 heteroatoms. The highest BCUT2D eigenvalue weighted by Crippen LogP contribution is 2.47. The molecule has 0 amide bonds. The van der Waals surface area contributed by atoms with Crippen molar-refractivity contribution >= 4 is 17.2 Å². The van der Waals surface area contributed by atoms with E-state index in [-0.39, 0.29) is 0 Å². The molecule has 3 aliphatic carbocycles. The van der Waals surface area contributed by atoms with E-state index in [1.807, 2.05) is 0 Å². The molecular weight excluding hydrogens is 228 g/mol. The number of fused-ring (bicyclic) bond motifs is 5. The summed E-state index contributed by atoms with van der Waals surface area (Å²) in [4.78, 5) is 0. The van der Waals surface area contributed by atoms with E-state index in [9.17, 15) is 0 Å². The second-order valence-electron chi connectivity index (χ2n) is 5.78. The SMILES string of the molecule is C1=Cc2cc3c(cc2C1)C1=C(C3)c2ccccc2C1. The van der Waals surface area contributed by atoms with Crippen molar-refractivity contribution in [3.8, 4) is 0 Å². The predicted molar refractivity (Wildman–Crippen MR) is 79.8 cm³/mol. The molecule has 0 saturated heterocycles. The van der Waals surface area contributed by atoms with Gasteiger partial charge >= 0.3 is 0 Å². The minimum absolute atomic E-state index is 1.11. The minimum atomic E-state index is 1.11. The van der Waals surface area contributed by atoms with Crippen LogP contribution in [0.4, 0.5) is 0 Å². The van der Waals surface area contributed by atoms with E-state index in [0.29, 0.717) is 0 Å². The van der Waals surface area contributed by atoms with Gasteiger partial charge in [0.25, 0.3) is 0 Å². The molecule has 2 aromatic rings. The van der Waals surface area contributed by atoms with Crippen molar-refractivity contribution in [1.82, 2.24) is 0 Å². The van der Waals surface area contributed by atoms with Gasteiger partial charge in [-0.3, -0.25) is 0 Å². The lowest BCUT2D eigenvalue weighted by Crippen LogP contribution is -1.94. The molecule has 2 aromatic carbocycles. The summed E-state index contributed by atoms with van der Waals surface area (Å²) in [7, 11) is 0. The first-order chi connectivity index (χ1) is 9.40. The largest absolute Gasteiger partial charge is 0.0795 e. The monoisotopic (exact) mass is 242 g/mol. The fraction of sp³-hybridized carbons (Fsp3) is 0.158. The molecule has 0 bridgehead atoms. The van der Waals surface area contributed by atoms with E-state index in [4.69, 9.17) is 0 Å². The molecule has 0 saturated carbocycles. The van der Waals surface area contributed by atoms with Gasteiger partial charge in [0, 0.05) is 0 Å². The molecule has 0 atom stereocenters. The van der Waals surface area contributed by atoms with Crippen LogP contribution in [0, 0.1) is 0 Å². The van der Waals surface area contributed by atoms with Gasteiger partial charge in [0.05, 0.1) is 0 Å². The quantitative estimate of drug-likeness (QED) is 0.647. The smallest absolute Gasteiger partial charge is 0.00104 e. The Labute approximate surface area is 113 Å². The highest BCUT2D eigenvalue weighted by atomic mass is 14.3. The normalized spacial score (nSPS) is 17.5. The molecule has 19 heavy (non-hydrogen) atoms. The number of benzene rings is 2. The lowest BCUT2D eigenvalue weighted by Gasteiger charge is -2.09. The van der Waals surface area contributed by atoms with Crippen LogP contribution in [0.3, 0.4) is 0 Å². The van der Waals surface area contributed by atoms with Gasteiger partial charge in [-0.2, -0.15) is 0 Å². The van der Waals surface area contributed by atoms with Crippen LogP contribution >= 0.6 is 0 Å². The van der Waals surface area contributed by atoms with Gasteiger partial charge in [0.2, 0.25) is 0 Å². The second kappa shape index (κ2) is 3.27. The van der Waals surface area contributed by atoms with Crippen LogP contribution < -0.4 is 0 Å². The predicted octanol–water partition coefficient (Wildman–Crippen LogP) is 4.28. The van der Waals surface area contributed by atoms with E-state index in [0.717, 1.165) is 19.3 Å². The topological polar surface area (TPSA) is 0 Å². The third kappa shape index (κ3) is 1.19. The first-order valence-electron chi connectivity index (χ1n) is 7.03. The van der Waals surface area contributed by atoms with Gasteiger partial charge in [0.15, 0.2) is 0 Å². The van der Waals surface area contributed by atoms with Crippen molar-refractivity contribution in [1.29, 1.82) is 0 Å². The highest BCUT2D eigenvalue weighted by Gasteiger charge is 2.29. The lowest BCUT2D eigenvalue weighted by molar-refractivity contribution is 1.22. The fourth-order valence-corrected chi connectivity index (χ4v) is 3.86. The summed E-state index contributed by atoms with van der Waals surface area (Å²) in [6.07, 6.45) is 7.91. The number of hydrogen-bond acceptors (Lipinski definition) is 0. The molecule has 3 aliphatic rings. The van der Waals surface area contributed by atoms with Crippen LogP contribution in [0.15, 0.2) is 42.5 Å². The van der Waals surface area contributed by atoms with E-state index in [1.165, 1.54) is 33.4 Å². The van der Waals surface area contributed by atoms with Crippen molar-refractivity contribution in [2.24, 2.45) is 0 Å². The summed E-state index contributed by atoms with van der Waals surface area (Å²) < 4.78 is 0. The van der Waals surface area contributed by atoms with E-state index in [2.05, 4.69) is 48.6 Å². The zero-order chi connectivity index (χ0) is 12.4. The third-order valence-electron chi connectivity index (χ3n) is 4.77. The van der Waals surface area contributed by atoms with E-state index < -0.39 is 0 Å². The van der Waals surface area contributed by atoms with Crippen LogP contribution in [-0.2, 0) is 19.3 Å². The Bertz CT molecular complexity index is 788. The molecule has 5 rings (SSSR count). The molecular formula is C19H14. The Hall–Kier alpha value is -2.08. The Balaban J connectivity index is 1.70. The zero-order valence-electron chi connectivity index (χ0n) is 10.7. The lowest BCUT2D eigenvalue weighted by atomic mass is 9.95. The van der Waals surface area contributed by atoms with Gasteiger partial charge in [0.1, 0.15) is 0 Å². The van der Waals surface area contributed by atoms with E-state index >= 15 is 0 Å². The summed E-state index contributed by atoms with van der Waals surface area (Å²) in [5, 5.41) is 0. The number of hydrogen-bond donors (Lipinski definition) is 0. The van der Waals surface area contributed by atoms with Crippen LogP contribution in [0.1, 0.15) is 33.4 Å². The molecule has 0 aromatic heterocycles. The summed E-state index contributed by atoms with van der Waals surface area (Å²) in [6, 6.07) is 13.8. The van der Waals surface area contributed by atoms with Gasteiger partial charge < -0.3 is 0 Å². The molecule has 0 unspecified atom stereocenters. The maximum Gasteiger partial charge on any atom is -0.00104 e. The van der Waals surface area contributed by atoms with Crippen molar-refractivity contribution in [3.05, 3.63) is 75.9 Å². The van der Waals surface area contributed by atoms with Gasteiger partial charge in [-0.05, 0) is 63.8 Å². The first-order valence-corrected chi connectivity index (χ1v) is 7.03. The molecule has 0 radical (unpaired) electrons. The molecule has 0 aliphatic heterocycles. The van der Waals surface area contributed by atoms with Crippen LogP contribution in [-0.4, -0.2) is 0 Å². The van der Waals surface area contributed by atoms with Crippen molar-refractivity contribution in [3.63, 3.8) is 0 Å². The van der Waals surface area contributed by atoms with Gasteiger partial charge in [-0.1, -0.05) is 48.6 Å². The average molecular weight is 242 g/mol. The summed E-state index contributed by atoms with van der Waals surface area (Å²) >= 11 is 0. The summed E-state index contributed by atoms with van der Waals surface area (Å²) in [6.45, 7) is 0. The minimum Gasteiger partial charge on any atom is -0.0795 e. The standard InChI is InChI=1S/C19H14/c1-2-7-16-14(4-1)10-19-17-9-13-6-3-5-12(13)8-15(17)11-18(16)19/h1-5,7-9H,6,10-11H2. The number of allylic oxidation sites excluding steroid dienone is 3. The highest BCUT2D eigenvalue weighted by molar-refractivity contribution is 6.02. The Morgan fingerprint density at radius 1 is 0.737 bits per heavy atom. The van der Waals surface area contributed by atoms with Crippen LogP contribution in [0.25, 0.3) is 17.2 Å². The Morgan fingerprint density at radius 2 is 1.58 bits per heavy atom. The second-order valence-corrected chi connectivity index (χ2v) is 5.78. The van der Waals surface area contributed by atoms with Crippen LogP contribution in [0.2, 0.25) is 0 Å². The van der Waals surface area contributed by atoms with Crippen molar-refractivity contribution in [2.75, 3.05) is 0 Å². The molecule has 0 fully saturated rings. The number of rotatable bonds is 0. The molecule has 90 valence electrons. The Morgan fingerprint density at radius 3 is 2.58 bits per heavy atom. The molecule has 0 N–H and O–H groups in total. The molecule has 0 nitrogen and oxygen atoms in total.